The summed E-state index contributed by atoms with van der Waals surface area (Å²) in [7, 11) is -1.33. The summed E-state index contributed by atoms with van der Waals surface area (Å²) in [6.45, 7) is 8.74. The largest absolute Gasteiger partial charge is 0.372 e. The first-order valence-corrected chi connectivity index (χ1v) is 11.2. The number of rotatable bonds is 5. The maximum atomic E-state index is 13.9. The van der Waals surface area contributed by atoms with Gasteiger partial charge < -0.3 is 4.90 Å². The van der Waals surface area contributed by atoms with Gasteiger partial charge in [0, 0.05) is 36.1 Å². The number of benzene rings is 1. The van der Waals surface area contributed by atoms with Crippen LogP contribution < -0.4 is 0 Å². The molecule has 0 N–H and O–H groups in total. The Morgan fingerprint density at radius 2 is 1.85 bits per heavy atom. The van der Waals surface area contributed by atoms with Gasteiger partial charge in [0.05, 0.1) is 9.80 Å². The highest BCUT2D eigenvalue weighted by atomic mass is 79.9. The molecule has 0 bridgehead atoms. The Labute approximate surface area is 166 Å². The van der Waals surface area contributed by atoms with Crippen LogP contribution in [-0.4, -0.2) is 31.8 Å². The van der Waals surface area contributed by atoms with Crippen molar-refractivity contribution in [2.75, 3.05) is 13.1 Å². The number of hydrogen-bond donors (Lipinski definition) is 0. The van der Waals surface area contributed by atoms with E-state index in [9.17, 15) is 12.8 Å². The zero-order valence-electron chi connectivity index (χ0n) is 15.0. The van der Waals surface area contributed by atoms with Crippen LogP contribution in [0.15, 0.2) is 68.5 Å². The van der Waals surface area contributed by atoms with Crippen molar-refractivity contribution in [3.8, 4) is 0 Å². The van der Waals surface area contributed by atoms with Crippen LogP contribution in [0.1, 0.15) is 26.7 Å². The molecule has 26 heavy (non-hydrogen) atoms. The van der Waals surface area contributed by atoms with Gasteiger partial charge in [0.15, 0.2) is 0 Å². The number of piperidine rings is 1. The average molecular weight is 460 g/mol. The minimum Gasteiger partial charge on any atom is -0.372 e. The predicted molar refractivity (Wildman–Crippen MR) is 112 cm³/mol. The van der Waals surface area contributed by atoms with Crippen molar-refractivity contribution in [3.63, 3.8) is 0 Å². The van der Waals surface area contributed by atoms with Crippen molar-refractivity contribution in [3.05, 3.63) is 63.6 Å². The fraction of sp³-hybridized carbons (Fsp3) is 0.368. The highest BCUT2D eigenvalue weighted by Crippen LogP contribution is 2.35. The van der Waals surface area contributed by atoms with Gasteiger partial charge in [0.25, 0.3) is 0 Å². The molecule has 1 aliphatic rings. The molecule has 3 nitrogen and oxygen atoms in total. The van der Waals surface area contributed by atoms with E-state index in [0.29, 0.717) is 25.9 Å². The van der Waals surface area contributed by atoms with E-state index in [0.717, 1.165) is 15.7 Å². The third kappa shape index (κ3) is 5.05. The number of hydrogen-bond acceptors (Lipinski definition) is 3. The molecule has 1 aliphatic heterocycles. The third-order valence-corrected chi connectivity index (χ3v) is 7.48. The number of alkyl halides is 1. The lowest BCUT2D eigenvalue weighted by Crippen LogP contribution is -2.37. The Bertz CT molecular complexity index is 835. The molecule has 142 valence electrons. The molecule has 2 rings (SSSR count). The number of sulfone groups is 1. The van der Waals surface area contributed by atoms with Gasteiger partial charge in [-0.1, -0.05) is 37.8 Å². The van der Waals surface area contributed by atoms with Gasteiger partial charge >= 0.3 is 0 Å². The van der Waals surface area contributed by atoms with Gasteiger partial charge in [-0.15, -0.1) is 0 Å². The molecule has 0 spiro atoms. The predicted octanol–water partition coefficient (Wildman–Crippen LogP) is 5.22. The van der Waals surface area contributed by atoms with E-state index in [1.807, 2.05) is 11.8 Å². The first kappa shape index (κ1) is 21.3. The van der Waals surface area contributed by atoms with Crippen LogP contribution in [-0.2, 0) is 9.84 Å². The monoisotopic (exact) mass is 459 g/mol. The van der Waals surface area contributed by atoms with Crippen LogP contribution in [0.3, 0.4) is 0 Å². The van der Waals surface area contributed by atoms with E-state index in [-0.39, 0.29) is 9.80 Å². The molecule has 0 radical (unpaired) electrons. The molecule has 1 unspecified atom stereocenters. The van der Waals surface area contributed by atoms with Crippen molar-refractivity contribution in [1.82, 2.24) is 4.90 Å². The van der Waals surface area contributed by atoms with E-state index in [4.69, 9.17) is 0 Å². The van der Waals surface area contributed by atoms with Gasteiger partial charge in [0.1, 0.15) is 5.41 Å². The smallest absolute Gasteiger partial charge is 0.206 e. The first-order chi connectivity index (χ1) is 12.1. The zero-order valence-corrected chi connectivity index (χ0v) is 18.6. The summed E-state index contributed by atoms with van der Waals surface area (Å²) in [5.74, 6) is 0. The molecular formula is C19H24BrFNO2PS. The highest BCUT2D eigenvalue weighted by molar-refractivity contribution is 9.10. The Morgan fingerprint density at radius 1 is 1.31 bits per heavy atom. The molecular weight excluding hydrogens is 436 g/mol. The Hall–Kier alpha value is -0.970. The van der Waals surface area contributed by atoms with Crippen LogP contribution in [0.4, 0.5) is 4.39 Å². The molecule has 0 saturated carbocycles. The summed E-state index contributed by atoms with van der Waals surface area (Å²) in [5, 5.41) is -1.21. The summed E-state index contributed by atoms with van der Waals surface area (Å²) in [5.41, 5.74) is 1.49. The van der Waals surface area contributed by atoms with E-state index >= 15 is 0 Å². The maximum Gasteiger partial charge on any atom is 0.206 e. The number of likely N-dealkylation sites (tertiary alicyclic amines) is 1. The minimum absolute atomic E-state index is 0.223. The van der Waals surface area contributed by atoms with Crippen molar-refractivity contribution >= 4 is 35.0 Å². The molecule has 1 saturated heterocycles. The Morgan fingerprint density at radius 3 is 2.35 bits per heavy atom. The lowest BCUT2D eigenvalue weighted by Gasteiger charge is -2.36. The van der Waals surface area contributed by atoms with E-state index < -0.39 is 15.2 Å². The summed E-state index contributed by atoms with van der Waals surface area (Å²) in [6.07, 6.45) is 4.05. The van der Waals surface area contributed by atoms with E-state index in [2.05, 4.69) is 31.7 Å². The highest BCUT2D eigenvalue weighted by Gasteiger charge is 2.30. The van der Waals surface area contributed by atoms with Gasteiger partial charge in [-0.05, 0) is 49.8 Å². The summed E-state index contributed by atoms with van der Waals surface area (Å²) >= 11 is 3.31. The second kappa shape index (κ2) is 8.37. The third-order valence-electron chi connectivity index (χ3n) is 4.51. The number of nitrogens with zero attached hydrogens (tertiary/aromatic N) is 1. The maximum absolute atomic E-state index is 13.9. The SMILES string of the molecule is C=C(/C(C)=C\C(=C/C)S(=O)(=O)c1ccc(Br)cc1)N1CCC(F)(P)CC1. The van der Waals surface area contributed by atoms with Crippen molar-refractivity contribution in [1.29, 1.82) is 0 Å². The van der Waals surface area contributed by atoms with Crippen LogP contribution in [0.2, 0.25) is 0 Å². The Balaban J connectivity index is 2.22. The quantitative estimate of drug-likeness (QED) is 0.447. The molecule has 0 aliphatic carbocycles. The van der Waals surface area contributed by atoms with E-state index in [1.54, 1.807) is 43.3 Å². The zero-order chi connectivity index (χ0) is 19.5. The molecule has 1 aromatic carbocycles. The fourth-order valence-electron chi connectivity index (χ4n) is 2.76. The average Bonchev–Trinajstić information content (AvgIpc) is 2.59. The van der Waals surface area contributed by atoms with Crippen LogP contribution >= 0.6 is 25.2 Å². The Kier molecular flexibility index (Phi) is 6.86. The molecule has 7 heteroatoms. The molecule has 1 fully saturated rings. The van der Waals surface area contributed by atoms with Crippen molar-refractivity contribution in [2.24, 2.45) is 0 Å². The van der Waals surface area contributed by atoms with Gasteiger partial charge in [0.2, 0.25) is 9.84 Å². The number of allylic oxidation sites excluding steroid dienone is 3. The van der Waals surface area contributed by atoms with Gasteiger partial charge in [-0.25, -0.2) is 12.8 Å². The van der Waals surface area contributed by atoms with Gasteiger partial charge in [-0.3, -0.25) is 0 Å². The fourth-order valence-corrected chi connectivity index (χ4v) is 4.69. The van der Waals surface area contributed by atoms with Crippen LogP contribution in [0.5, 0.6) is 0 Å². The van der Waals surface area contributed by atoms with Crippen molar-refractivity contribution in [2.45, 2.75) is 37.0 Å². The molecule has 1 aromatic rings. The second-order valence-electron chi connectivity index (χ2n) is 6.44. The normalized spacial score (nSPS) is 18.7. The lowest BCUT2D eigenvalue weighted by molar-refractivity contribution is 0.154. The minimum atomic E-state index is -3.60. The standard InChI is InChI=1S/C19H24BrFNO2PS/c1-4-17(26(23,24)18-7-5-16(20)6-8-18)13-14(2)15(3)22-11-9-19(21,25)10-12-22/h4-8,13H,3,9-12,25H2,1-2H3/b14-13-,17-4+. The number of halogens is 2. The topological polar surface area (TPSA) is 37.4 Å². The molecule has 1 atom stereocenters. The molecule has 0 amide bonds. The van der Waals surface area contributed by atoms with Gasteiger partial charge in [-0.2, -0.15) is 0 Å². The van der Waals surface area contributed by atoms with Crippen LogP contribution in [0.25, 0.3) is 0 Å². The second-order valence-corrected chi connectivity index (χ2v) is 10.3. The summed E-state index contributed by atoms with van der Waals surface area (Å²) < 4.78 is 40.5. The molecule has 1 heterocycles. The first-order valence-electron chi connectivity index (χ1n) is 8.34. The van der Waals surface area contributed by atoms with Crippen molar-refractivity contribution < 1.29 is 12.8 Å². The van der Waals surface area contributed by atoms with E-state index in [1.165, 1.54) is 0 Å². The summed E-state index contributed by atoms with van der Waals surface area (Å²) in [4.78, 5) is 2.47. The molecule has 0 aromatic heterocycles. The summed E-state index contributed by atoms with van der Waals surface area (Å²) in [6, 6.07) is 6.56. The lowest BCUT2D eigenvalue weighted by atomic mass is 10.1. The van der Waals surface area contributed by atoms with Crippen LogP contribution in [0, 0.1) is 0 Å².